The molecule has 0 aliphatic carbocycles. The van der Waals surface area contributed by atoms with Crippen LogP contribution in [0.25, 0.3) is 0 Å². The van der Waals surface area contributed by atoms with Crippen LogP contribution in [0, 0.1) is 0 Å². The van der Waals surface area contributed by atoms with Gasteiger partial charge in [-0.1, -0.05) is 0 Å². The van der Waals surface area contributed by atoms with Gasteiger partial charge in [-0.2, -0.15) is 4.80 Å². The van der Waals surface area contributed by atoms with E-state index in [1.54, 1.807) is 14.2 Å². The van der Waals surface area contributed by atoms with Crippen LogP contribution in [0.4, 0.5) is 0 Å². The van der Waals surface area contributed by atoms with Crippen LogP contribution in [0.2, 0.25) is 0 Å². The monoisotopic (exact) mass is 142 g/mol. The molecule has 0 aliphatic heterocycles. The molecule has 1 rings (SSSR count). The van der Waals surface area contributed by atoms with Crippen molar-refractivity contribution >= 4 is 0 Å². The average Bonchev–Trinajstić information content (AvgIpc) is 2.31. The van der Waals surface area contributed by atoms with E-state index < -0.39 is 0 Å². The van der Waals surface area contributed by atoms with Crippen molar-refractivity contribution < 1.29 is 4.74 Å². The minimum absolute atomic E-state index is 0.645. The number of ether oxygens (including phenoxy) is 1. The number of hydrogen-bond acceptors (Lipinski definition) is 4. The van der Waals surface area contributed by atoms with Gasteiger partial charge in [0.15, 0.2) is 5.82 Å². The van der Waals surface area contributed by atoms with Crippen molar-refractivity contribution in [2.45, 2.75) is 6.42 Å². The first-order valence-corrected chi connectivity index (χ1v) is 3.04. The van der Waals surface area contributed by atoms with Gasteiger partial charge in [0.25, 0.3) is 0 Å². The molecule has 0 unspecified atom stereocenters. The lowest BCUT2D eigenvalue weighted by atomic mass is 10.4. The van der Waals surface area contributed by atoms with Crippen LogP contribution in [0.1, 0.15) is 5.82 Å². The van der Waals surface area contributed by atoms with Crippen molar-refractivity contribution in [3.05, 3.63) is 5.82 Å². The first kappa shape index (κ1) is 7.14. The smallest absolute Gasteiger partial charge is 0.177 e. The molecular formula is C5H10N4O. The Balaban J connectivity index is 2.42. The van der Waals surface area contributed by atoms with Gasteiger partial charge in [0, 0.05) is 13.5 Å². The minimum Gasteiger partial charge on any atom is -0.384 e. The number of nitrogens with zero attached hydrogens (tertiary/aromatic N) is 4. The topological polar surface area (TPSA) is 52.8 Å². The highest BCUT2D eigenvalue weighted by molar-refractivity contribution is 4.75. The number of tetrazole rings is 1. The molecule has 0 saturated carbocycles. The molecule has 0 radical (unpaired) electrons. The van der Waals surface area contributed by atoms with E-state index in [1.807, 2.05) is 0 Å². The van der Waals surface area contributed by atoms with Crippen molar-refractivity contribution in [2.75, 3.05) is 13.7 Å². The van der Waals surface area contributed by atoms with Crippen LogP contribution < -0.4 is 0 Å². The van der Waals surface area contributed by atoms with Gasteiger partial charge in [-0.25, -0.2) is 0 Å². The van der Waals surface area contributed by atoms with Gasteiger partial charge in [0.05, 0.1) is 13.7 Å². The summed E-state index contributed by atoms with van der Waals surface area (Å²) in [6.07, 6.45) is 0.727. The highest BCUT2D eigenvalue weighted by Gasteiger charge is 1.97. The maximum absolute atomic E-state index is 4.84. The zero-order valence-corrected chi connectivity index (χ0v) is 6.11. The molecule has 0 bridgehead atoms. The predicted octanol–water partition coefficient (Wildman–Crippen LogP) is -0.601. The summed E-state index contributed by atoms with van der Waals surface area (Å²) in [6, 6.07) is 0. The lowest BCUT2D eigenvalue weighted by Gasteiger charge is -1.90. The molecule has 0 atom stereocenters. The van der Waals surface area contributed by atoms with E-state index in [-0.39, 0.29) is 0 Å². The summed E-state index contributed by atoms with van der Waals surface area (Å²) < 4.78 is 4.84. The Morgan fingerprint density at radius 3 is 2.90 bits per heavy atom. The fraction of sp³-hybridized carbons (Fsp3) is 0.800. The third-order valence-corrected chi connectivity index (χ3v) is 1.08. The van der Waals surface area contributed by atoms with E-state index in [9.17, 15) is 0 Å². The zero-order valence-electron chi connectivity index (χ0n) is 6.11. The first-order valence-electron chi connectivity index (χ1n) is 3.04. The van der Waals surface area contributed by atoms with Gasteiger partial charge in [-0.05, 0) is 5.21 Å². The maximum atomic E-state index is 4.84. The number of methoxy groups -OCH3 is 1. The zero-order chi connectivity index (χ0) is 7.40. The van der Waals surface area contributed by atoms with Crippen LogP contribution in [0.3, 0.4) is 0 Å². The van der Waals surface area contributed by atoms with Crippen molar-refractivity contribution in [1.29, 1.82) is 0 Å². The molecule has 1 aromatic rings. The molecule has 5 nitrogen and oxygen atoms in total. The van der Waals surface area contributed by atoms with Gasteiger partial charge < -0.3 is 4.74 Å². The molecule has 5 heteroatoms. The quantitative estimate of drug-likeness (QED) is 0.565. The van der Waals surface area contributed by atoms with E-state index in [0.29, 0.717) is 6.61 Å². The lowest BCUT2D eigenvalue weighted by molar-refractivity contribution is 0.200. The second kappa shape index (κ2) is 3.26. The number of aromatic nitrogens is 4. The highest BCUT2D eigenvalue weighted by atomic mass is 16.5. The van der Waals surface area contributed by atoms with Crippen molar-refractivity contribution in [3.8, 4) is 0 Å². The Bertz CT molecular complexity index is 197. The summed E-state index contributed by atoms with van der Waals surface area (Å²) in [5.74, 6) is 0.726. The fourth-order valence-corrected chi connectivity index (χ4v) is 0.617. The maximum Gasteiger partial charge on any atom is 0.177 e. The van der Waals surface area contributed by atoms with E-state index in [4.69, 9.17) is 4.74 Å². The van der Waals surface area contributed by atoms with E-state index in [1.165, 1.54) is 4.80 Å². The third-order valence-electron chi connectivity index (χ3n) is 1.08. The van der Waals surface area contributed by atoms with Gasteiger partial charge in [0.1, 0.15) is 0 Å². The largest absolute Gasteiger partial charge is 0.384 e. The fourth-order valence-electron chi connectivity index (χ4n) is 0.617. The van der Waals surface area contributed by atoms with Crippen LogP contribution in [-0.2, 0) is 18.2 Å². The second-order valence-electron chi connectivity index (χ2n) is 1.94. The summed E-state index contributed by atoms with van der Waals surface area (Å²) in [6.45, 7) is 0.645. The van der Waals surface area contributed by atoms with Crippen molar-refractivity contribution in [1.82, 2.24) is 20.2 Å². The molecule has 56 valence electrons. The van der Waals surface area contributed by atoms with E-state index in [0.717, 1.165) is 12.2 Å². The van der Waals surface area contributed by atoms with Gasteiger partial charge in [0.2, 0.25) is 0 Å². The molecule has 0 saturated heterocycles. The molecule has 1 heterocycles. The average molecular weight is 142 g/mol. The Hall–Kier alpha value is -0.970. The first-order chi connectivity index (χ1) is 4.83. The lowest BCUT2D eigenvalue weighted by Crippen LogP contribution is -1.97. The summed E-state index contributed by atoms with van der Waals surface area (Å²) in [5, 5.41) is 11.4. The summed E-state index contributed by atoms with van der Waals surface area (Å²) in [7, 11) is 3.39. The molecule has 0 spiro atoms. The van der Waals surface area contributed by atoms with Crippen LogP contribution >= 0.6 is 0 Å². The minimum atomic E-state index is 0.645. The Labute approximate surface area is 59.0 Å². The van der Waals surface area contributed by atoms with Crippen molar-refractivity contribution in [2.24, 2.45) is 7.05 Å². The number of rotatable bonds is 3. The standard InChI is InChI=1S/C5H10N4O/c1-9-7-5(6-8-9)3-4-10-2/h3-4H2,1-2H3. The van der Waals surface area contributed by atoms with Crippen LogP contribution in [0.5, 0.6) is 0 Å². The summed E-state index contributed by atoms with van der Waals surface area (Å²) >= 11 is 0. The molecule has 0 aromatic carbocycles. The number of hydrogen-bond donors (Lipinski definition) is 0. The molecule has 10 heavy (non-hydrogen) atoms. The van der Waals surface area contributed by atoms with Gasteiger partial charge >= 0.3 is 0 Å². The molecular weight excluding hydrogens is 132 g/mol. The van der Waals surface area contributed by atoms with Gasteiger partial charge in [-0.15, -0.1) is 10.2 Å². The summed E-state index contributed by atoms with van der Waals surface area (Å²) in [4.78, 5) is 1.44. The van der Waals surface area contributed by atoms with Crippen LogP contribution in [-0.4, -0.2) is 33.9 Å². The SMILES string of the molecule is COCCc1nnn(C)n1. The van der Waals surface area contributed by atoms with E-state index >= 15 is 0 Å². The molecule has 0 N–H and O–H groups in total. The number of aryl methyl sites for hydroxylation is 1. The third kappa shape index (κ3) is 1.77. The molecule has 0 fully saturated rings. The second-order valence-corrected chi connectivity index (χ2v) is 1.94. The highest BCUT2D eigenvalue weighted by Crippen LogP contribution is 1.86. The Morgan fingerprint density at radius 1 is 1.60 bits per heavy atom. The Morgan fingerprint density at radius 2 is 2.40 bits per heavy atom. The summed E-state index contributed by atoms with van der Waals surface area (Å²) in [5.41, 5.74) is 0. The normalized spacial score (nSPS) is 10.2. The molecule has 0 amide bonds. The van der Waals surface area contributed by atoms with E-state index in [2.05, 4.69) is 15.4 Å². The van der Waals surface area contributed by atoms with Gasteiger partial charge in [-0.3, -0.25) is 0 Å². The van der Waals surface area contributed by atoms with Crippen LogP contribution in [0.15, 0.2) is 0 Å². The Kier molecular flexibility index (Phi) is 2.33. The molecule has 0 aliphatic rings. The predicted molar refractivity (Wildman–Crippen MR) is 34.4 cm³/mol. The molecule has 1 aromatic heterocycles. The van der Waals surface area contributed by atoms with Crippen molar-refractivity contribution in [3.63, 3.8) is 0 Å².